The molecule has 0 spiro atoms. The monoisotopic (exact) mass is 360 g/mol. The fraction of sp³-hybridized carbons (Fsp3) is 0.650. The number of likely N-dealkylation sites (tertiary alicyclic amines) is 1. The van der Waals surface area contributed by atoms with Crippen LogP contribution in [-0.4, -0.2) is 56.3 Å². The fourth-order valence-electron chi connectivity index (χ4n) is 3.45. The number of rotatable bonds is 4. The quantitative estimate of drug-likeness (QED) is 0.638. The number of ether oxygens (including phenoxy) is 2. The van der Waals surface area contributed by atoms with Crippen LogP contribution in [0.2, 0.25) is 0 Å². The van der Waals surface area contributed by atoms with Gasteiger partial charge in [0.25, 0.3) is 0 Å². The Hall–Kier alpha value is -1.95. The summed E-state index contributed by atoms with van der Waals surface area (Å²) in [5.74, 6) is 2.54. The molecule has 1 saturated heterocycles. The molecule has 6 nitrogen and oxygen atoms in total. The highest BCUT2D eigenvalue weighted by Gasteiger charge is 2.21. The lowest BCUT2D eigenvalue weighted by Gasteiger charge is -2.35. The summed E-state index contributed by atoms with van der Waals surface area (Å²) >= 11 is 0. The Balaban J connectivity index is 1.49. The smallest absolute Gasteiger partial charge is 0.191 e. The van der Waals surface area contributed by atoms with E-state index in [9.17, 15) is 0 Å². The van der Waals surface area contributed by atoms with Crippen LogP contribution in [0.4, 0.5) is 0 Å². The minimum Gasteiger partial charge on any atom is -0.490 e. The Morgan fingerprint density at radius 2 is 1.92 bits per heavy atom. The summed E-state index contributed by atoms with van der Waals surface area (Å²) in [6, 6.07) is 7.25. The van der Waals surface area contributed by atoms with Gasteiger partial charge in [-0.1, -0.05) is 6.07 Å². The van der Waals surface area contributed by atoms with Crippen LogP contribution in [0.3, 0.4) is 0 Å². The zero-order chi connectivity index (χ0) is 18.4. The van der Waals surface area contributed by atoms with Crippen molar-refractivity contribution in [2.24, 2.45) is 4.99 Å². The van der Waals surface area contributed by atoms with E-state index in [1.807, 2.05) is 13.1 Å². The number of aliphatic imine (C=N–C) groups is 1. The number of hydrogen-bond donors (Lipinski definition) is 2. The van der Waals surface area contributed by atoms with Gasteiger partial charge in [-0.15, -0.1) is 0 Å². The summed E-state index contributed by atoms with van der Waals surface area (Å²) in [6.45, 7) is 8.97. The van der Waals surface area contributed by atoms with Crippen molar-refractivity contribution in [1.82, 2.24) is 15.5 Å². The SMILES string of the molecule is CN=C(NCc1ccc2c(c1)OCCCO2)NC1CCN(C(C)C)CC1. The second kappa shape index (κ2) is 9.12. The lowest BCUT2D eigenvalue weighted by molar-refractivity contribution is 0.167. The molecule has 0 unspecified atom stereocenters. The van der Waals surface area contributed by atoms with Gasteiger partial charge in [-0.05, 0) is 44.4 Å². The molecule has 0 radical (unpaired) electrons. The highest BCUT2D eigenvalue weighted by molar-refractivity contribution is 5.80. The average Bonchev–Trinajstić information content (AvgIpc) is 2.90. The molecule has 6 heteroatoms. The van der Waals surface area contributed by atoms with Gasteiger partial charge >= 0.3 is 0 Å². The normalized spacial score (nSPS) is 19.3. The summed E-state index contributed by atoms with van der Waals surface area (Å²) in [4.78, 5) is 6.91. The highest BCUT2D eigenvalue weighted by Crippen LogP contribution is 2.30. The topological polar surface area (TPSA) is 58.1 Å². The molecule has 2 N–H and O–H groups in total. The van der Waals surface area contributed by atoms with Crippen molar-refractivity contribution in [3.05, 3.63) is 23.8 Å². The van der Waals surface area contributed by atoms with E-state index in [1.54, 1.807) is 0 Å². The van der Waals surface area contributed by atoms with Gasteiger partial charge in [0.2, 0.25) is 0 Å². The first kappa shape index (κ1) is 18.8. The van der Waals surface area contributed by atoms with Gasteiger partial charge < -0.3 is 25.0 Å². The van der Waals surface area contributed by atoms with Crippen molar-refractivity contribution in [3.8, 4) is 11.5 Å². The van der Waals surface area contributed by atoms with E-state index in [0.717, 1.165) is 62.0 Å². The first-order valence-electron chi connectivity index (χ1n) is 9.75. The molecule has 1 fully saturated rings. The minimum absolute atomic E-state index is 0.486. The predicted octanol–water partition coefficient (Wildman–Crippen LogP) is 2.39. The molecule has 26 heavy (non-hydrogen) atoms. The molecular weight excluding hydrogens is 328 g/mol. The standard InChI is InChI=1S/C20H32N4O2/c1-15(2)24-9-7-17(8-10-24)23-20(21-3)22-14-16-5-6-18-19(13-16)26-12-4-11-25-18/h5-6,13,15,17H,4,7-12,14H2,1-3H3,(H2,21,22,23). The first-order valence-corrected chi connectivity index (χ1v) is 9.75. The first-order chi connectivity index (χ1) is 12.7. The number of benzene rings is 1. The molecule has 0 aliphatic carbocycles. The molecule has 0 bridgehead atoms. The maximum Gasteiger partial charge on any atom is 0.191 e. The van der Waals surface area contributed by atoms with E-state index in [-0.39, 0.29) is 0 Å². The summed E-state index contributed by atoms with van der Waals surface area (Å²) in [5.41, 5.74) is 1.16. The molecule has 1 aromatic rings. The minimum atomic E-state index is 0.486. The highest BCUT2D eigenvalue weighted by atomic mass is 16.5. The van der Waals surface area contributed by atoms with Crippen LogP contribution in [0, 0.1) is 0 Å². The predicted molar refractivity (Wildman–Crippen MR) is 105 cm³/mol. The Labute approximate surface area is 157 Å². The van der Waals surface area contributed by atoms with E-state index >= 15 is 0 Å². The average molecular weight is 361 g/mol. The molecule has 0 saturated carbocycles. The van der Waals surface area contributed by atoms with E-state index in [2.05, 4.69) is 46.5 Å². The Morgan fingerprint density at radius 3 is 2.62 bits per heavy atom. The van der Waals surface area contributed by atoms with Crippen LogP contribution >= 0.6 is 0 Å². The maximum atomic E-state index is 5.77. The summed E-state index contributed by atoms with van der Waals surface area (Å²) in [5, 5.41) is 6.98. The van der Waals surface area contributed by atoms with E-state index in [1.165, 1.54) is 0 Å². The van der Waals surface area contributed by atoms with Crippen LogP contribution in [-0.2, 0) is 6.54 Å². The number of piperidine rings is 1. The summed E-state index contributed by atoms with van der Waals surface area (Å²) in [6.07, 6.45) is 3.24. The van der Waals surface area contributed by atoms with Crippen molar-refractivity contribution in [3.63, 3.8) is 0 Å². The van der Waals surface area contributed by atoms with Crippen LogP contribution in [0.15, 0.2) is 23.2 Å². The van der Waals surface area contributed by atoms with Crippen LogP contribution in [0.1, 0.15) is 38.7 Å². The van der Waals surface area contributed by atoms with Crippen LogP contribution in [0.25, 0.3) is 0 Å². The largest absolute Gasteiger partial charge is 0.490 e. The Morgan fingerprint density at radius 1 is 1.19 bits per heavy atom. The van der Waals surface area contributed by atoms with E-state index in [4.69, 9.17) is 9.47 Å². The number of hydrogen-bond acceptors (Lipinski definition) is 4. The lowest BCUT2D eigenvalue weighted by atomic mass is 10.0. The van der Waals surface area contributed by atoms with Crippen molar-refractivity contribution >= 4 is 5.96 Å². The molecule has 0 atom stereocenters. The van der Waals surface area contributed by atoms with E-state index < -0.39 is 0 Å². The van der Waals surface area contributed by atoms with Gasteiger partial charge in [-0.25, -0.2) is 0 Å². The molecule has 144 valence electrons. The third-order valence-corrected chi connectivity index (χ3v) is 5.10. The molecule has 2 aliphatic heterocycles. The third kappa shape index (κ3) is 5.04. The Bertz CT molecular complexity index is 610. The third-order valence-electron chi connectivity index (χ3n) is 5.10. The van der Waals surface area contributed by atoms with Crippen LogP contribution in [0.5, 0.6) is 11.5 Å². The van der Waals surface area contributed by atoms with Crippen molar-refractivity contribution in [2.75, 3.05) is 33.4 Å². The molecule has 0 amide bonds. The number of nitrogens with zero attached hydrogens (tertiary/aromatic N) is 2. The zero-order valence-corrected chi connectivity index (χ0v) is 16.3. The molecule has 0 aromatic heterocycles. The fourth-order valence-corrected chi connectivity index (χ4v) is 3.45. The maximum absolute atomic E-state index is 5.77. The zero-order valence-electron chi connectivity index (χ0n) is 16.3. The number of fused-ring (bicyclic) bond motifs is 1. The number of guanidine groups is 1. The molecule has 2 aliphatic rings. The van der Waals surface area contributed by atoms with Gasteiger partial charge in [-0.3, -0.25) is 4.99 Å². The van der Waals surface area contributed by atoms with Gasteiger partial charge in [0, 0.05) is 45.2 Å². The van der Waals surface area contributed by atoms with Gasteiger partial charge in [0.15, 0.2) is 17.5 Å². The molecule has 2 heterocycles. The van der Waals surface area contributed by atoms with Crippen LogP contribution < -0.4 is 20.1 Å². The van der Waals surface area contributed by atoms with E-state index in [0.29, 0.717) is 25.2 Å². The van der Waals surface area contributed by atoms with Gasteiger partial charge in [0.1, 0.15) is 0 Å². The number of nitrogens with one attached hydrogen (secondary N) is 2. The molecular formula is C20H32N4O2. The van der Waals surface area contributed by atoms with Crippen molar-refractivity contribution in [2.45, 2.75) is 51.7 Å². The summed E-state index contributed by atoms with van der Waals surface area (Å²) in [7, 11) is 1.83. The molecule has 3 rings (SSSR count). The second-order valence-electron chi connectivity index (χ2n) is 7.31. The van der Waals surface area contributed by atoms with Gasteiger partial charge in [0.05, 0.1) is 13.2 Å². The second-order valence-corrected chi connectivity index (χ2v) is 7.31. The Kier molecular flexibility index (Phi) is 6.61. The lowest BCUT2D eigenvalue weighted by Crippen LogP contribution is -2.49. The van der Waals surface area contributed by atoms with Crippen molar-refractivity contribution in [1.29, 1.82) is 0 Å². The summed E-state index contributed by atoms with van der Waals surface area (Å²) < 4.78 is 11.5. The van der Waals surface area contributed by atoms with Crippen molar-refractivity contribution < 1.29 is 9.47 Å². The van der Waals surface area contributed by atoms with Gasteiger partial charge in [-0.2, -0.15) is 0 Å². The molecule has 1 aromatic carbocycles.